The number of nitrogens with zero attached hydrogens (tertiary/aromatic N) is 1. The van der Waals surface area contributed by atoms with Gasteiger partial charge in [0.15, 0.2) is 15.8 Å². The quantitative estimate of drug-likeness (QED) is 0.203. The third-order valence-corrected chi connectivity index (χ3v) is 8.29. The van der Waals surface area contributed by atoms with Crippen molar-refractivity contribution >= 4 is 78.1 Å². The maximum absolute atomic E-state index is 13.1. The molecule has 1 aliphatic rings. The zero-order valence-corrected chi connectivity index (χ0v) is 26.5. The molecule has 1 aliphatic heterocycles. The highest BCUT2D eigenvalue weighted by molar-refractivity contribution is 9.10. The number of hydrazine groups is 1. The predicted octanol–water partition coefficient (Wildman–Crippen LogP) is 7.64. The summed E-state index contributed by atoms with van der Waals surface area (Å²) in [6.07, 6.45) is 1.70. The molecule has 0 radical (unpaired) electrons. The van der Waals surface area contributed by atoms with E-state index in [1.807, 2.05) is 6.07 Å². The van der Waals surface area contributed by atoms with Crippen molar-refractivity contribution in [1.82, 2.24) is 10.4 Å². The van der Waals surface area contributed by atoms with Crippen LogP contribution < -0.4 is 14.9 Å². The van der Waals surface area contributed by atoms with Crippen molar-refractivity contribution < 1.29 is 19.1 Å². The van der Waals surface area contributed by atoms with E-state index in [4.69, 9.17) is 21.7 Å². The van der Waals surface area contributed by atoms with Crippen molar-refractivity contribution in [3.63, 3.8) is 0 Å². The lowest BCUT2D eigenvalue weighted by Crippen LogP contribution is -2.44. The molecule has 0 unspecified atom stereocenters. The van der Waals surface area contributed by atoms with Gasteiger partial charge in [-0.25, -0.2) is 0 Å². The van der Waals surface area contributed by atoms with Gasteiger partial charge in [-0.3, -0.25) is 15.0 Å². The van der Waals surface area contributed by atoms with Crippen LogP contribution in [0.2, 0.25) is 0 Å². The largest absolute Gasteiger partial charge is 0.493 e. The van der Waals surface area contributed by atoms with Crippen LogP contribution in [0.3, 0.4) is 0 Å². The maximum atomic E-state index is 13.1. The summed E-state index contributed by atoms with van der Waals surface area (Å²) in [5.74, 6) is 0.230. The molecule has 1 heterocycles. The number of ether oxygens (including phenoxy) is 2. The van der Waals surface area contributed by atoms with Crippen molar-refractivity contribution in [2.45, 2.75) is 32.8 Å². The van der Waals surface area contributed by atoms with Crippen LogP contribution in [0.5, 0.6) is 11.5 Å². The van der Waals surface area contributed by atoms with Gasteiger partial charge in [0.25, 0.3) is 11.8 Å². The molecular formula is C29H26Br2N2O4S2. The lowest BCUT2D eigenvalue weighted by Gasteiger charge is -2.19. The van der Waals surface area contributed by atoms with Crippen LogP contribution in [0.4, 0.5) is 0 Å². The number of amides is 2. The normalized spacial score (nSPS) is 14.6. The number of carbonyl (C=O) groups is 2. The lowest BCUT2D eigenvalue weighted by molar-refractivity contribution is -0.123. The van der Waals surface area contributed by atoms with E-state index in [1.165, 1.54) is 5.56 Å². The first-order chi connectivity index (χ1) is 18.5. The highest BCUT2D eigenvalue weighted by atomic mass is 79.9. The number of methoxy groups -OCH3 is 1. The summed E-state index contributed by atoms with van der Waals surface area (Å²) in [7, 11) is 1.56. The summed E-state index contributed by atoms with van der Waals surface area (Å²) >= 11 is 13.4. The molecule has 2 amide bonds. The van der Waals surface area contributed by atoms with Crippen LogP contribution >= 0.6 is 55.8 Å². The first-order valence-corrected chi connectivity index (χ1v) is 14.7. The van der Waals surface area contributed by atoms with Crippen LogP contribution in [-0.2, 0) is 16.8 Å². The molecule has 1 fully saturated rings. The fourth-order valence-electron chi connectivity index (χ4n) is 3.70. The van der Waals surface area contributed by atoms with E-state index in [9.17, 15) is 9.59 Å². The van der Waals surface area contributed by atoms with Crippen LogP contribution in [0, 0.1) is 0 Å². The van der Waals surface area contributed by atoms with Gasteiger partial charge >= 0.3 is 0 Å². The lowest BCUT2D eigenvalue weighted by atomic mass is 9.87. The number of nitrogens with one attached hydrogen (secondary N) is 1. The molecule has 0 aliphatic carbocycles. The van der Waals surface area contributed by atoms with Gasteiger partial charge in [0.1, 0.15) is 6.61 Å². The van der Waals surface area contributed by atoms with Gasteiger partial charge in [-0.15, -0.1) is 0 Å². The SMILES string of the molecule is COc1cc(/C=C2/SC(=S)N(NC(=O)c3ccc(Br)cc3)C2=O)cc(Br)c1OCc1ccc(C(C)(C)C)cc1. The second kappa shape index (κ2) is 12.2. The Morgan fingerprint density at radius 2 is 1.74 bits per heavy atom. The summed E-state index contributed by atoms with van der Waals surface area (Å²) in [4.78, 5) is 26.0. The third-order valence-electron chi connectivity index (χ3n) is 5.87. The first-order valence-electron chi connectivity index (χ1n) is 11.9. The van der Waals surface area contributed by atoms with E-state index < -0.39 is 11.8 Å². The Morgan fingerprint density at radius 3 is 2.36 bits per heavy atom. The Hall–Kier alpha value is -2.66. The van der Waals surface area contributed by atoms with E-state index >= 15 is 0 Å². The monoisotopic (exact) mass is 688 g/mol. The van der Waals surface area contributed by atoms with Gasteiger partial charge in [-0.05, 0) is 92.7 Å². The van der Waals surface area contributed by atoms with Gasteiger partial charge < -0.3 is 9.47 Å². The van der Waals surface area contributed by atoms with Gasteiger partial charge in [-0.1, -0.05) is 72.7 Å². The van der Waals surface area contributed by atoms with E-state index in [-0.39, 0.29) is 9.74 Å². The average molecular weight is 690 g/mol. The Bertz CT molecular complexity index is 1450. The second-order valence-electron chi connectivity index (χ2n) is 9.73. The molecule has 0 spiro atoms. The fourth-order valence-corrected chi connectivity index (χ4v) is 5.72. The van der Waals surface area contributed by atoms with Crippen LogP contribution in [0.15, 0.2) is 74.5 Å². The van der Waals surface area contributed by atoms with Crippen LogP contribution in [0.25, 0.3) is 6.08 Å². The van der Waals surface area contributed by atoms with Gasteiger partial charge in [0.2, 0.25) is 0 Å². The molecular weight excluding hydrogens is 664 g/mol. The summed E-state index contributed by atoms with van der Waals surface area (Å²) in [6.45, 7) is 6.91. The minimum atomic E-state index is -0.431. The van der Waals surface area contributed by atoms with Crippen LogP contribution in [-0.4, -0.2) is 28.3 Å². The zero-order chi connectivity index (χ0) is 28.3. The highest BCUT2D eigenvalue weighted by Crippen LogP contribution is 2.39. The molecule has 10 heteroatoms. The number of benzene rings is 3. The number of thioether (sulfide) groups is 1. The first kappa shape index (κ1) is 29.3. The summed E-state index contributed by atoms with van der Waals surface area (Å²) < 4.78 is 13.5. The summed E-state index contributed by atoms with van der Waals surface area (Å²) in [5, 5.41) is 1.09. The molecule has 3 aromatic carbocycles. The van der Waals surface area contributed by atoms with Gasteiger partial charge in [0.05, 0.1) is 16.5 Å². The molecule has 0 bridgehead atoms. The van der Waals surface area contributed by atoms with E-state index in [0.717, 1.165) is 26.8 Å². The van der Waals surface area contributed by atoms with E-state index in [2.05, 4.69) is 82.3 Å². The number of hydrogen-bond acceptors (Lipinski definition) is 6. The Kier molecular flexibility index (Phi) is 9.21. The molecule has 0 saturated carbocycles. The number of carbonyl (C=O) groups excluding carboxylic acids is 2. The molecule has 0 aromatic heterocycles. The maximum Gasteiger partial charge on any atom is 0.285 e. The fraction of sp³-hybridized carbons (Fsp3) is 0.207. The summed E-state index contributed by atoms with van der Waals surface area (Å²) in [5.41, 5.74) is 6.08. The van der Waals surface area contributed by atoms with Gasteiger partial charge in [0, 0.05) is 10.0 Å². The summed E-state index contributed by atoms with van der Waals surface area (Å²) in [6, 6.07) is 18.8. The standard InChI is InChI=1S/C29H26Br2N2O4S2/c1-29(2,3)20-9-5-17(6-10-20)16-37-25-22(31)13-18(14-23(25)36-4)15-24-27(35)33(28(38)39-24)32-26(34)19-7-11-21(30)12-8-19/h5-15H,16H2,1-4H3,(H,32,34)/b24-15+. The molecule has 39 heavy (non-hydrogen) atoms. The number of hydrogen-bond donors (Lipinski definition) is 1. The molecule has 1 saturated heterocycles. The predicted molar refractivity (Wildman–Crippen MR) is 167 cm³/mol. The molecule has 0 atom stereocenters. The molecule has 202 valence electrons. The van der Waals surface area contributed by atoms with Crippen molar-refractivity contribution in [2.75, 3.05) is 7.11 Å². The molecule has 1 N–H and O–H groups in total. The Balaban J connectivity index is 1.48. The molecule has 6 nitrogen and oxygen atoms in total. The average Bonchev–Trinajstić information content (AvgIpc) is 3.15. The second-order valence-corrected chi connectivity index (χ2v) is 13.2. The molecule has 3 aromatic rings. The van der Waals surface area contributed by atoms with Crippen molar-refractivity contribution in [2.24, 2.45) is 0 Å². The Morgan fingerprint density at radius 1 is 1.08 bits per heavy atom. The number of rotatable bonds is 7. The minimum absolute atomic E-state index is 0.0842. The Labute approximate surface area is 254 Å². The van der Waals surface area contributed by atoms with E-state index in [1.54, 1.807) is 43.5 Å². The van der Waals surface area contributed by atoms with Crippen LogP contribution in [0.1, 0.15) is 47.8 Å². The van der Waals surface area contributed by atoms with Crippen molar-refractivity contribution in [3.8, 4) is 11.5 Å². The van der Waals surface area contributed by atoms with Crippen molar-refractivity contribution in [3.05, 3.63) is 96.8 Å². The number of halogens is 2. The smallest absolute Gasteiger partial charge is 0.285 e. The molecule has 4 rings (SSSR count). The zero-order valence-electron chi connectivity index (χ0n) is 21.7. The van der Waals surface area contributed by atoms with E-state index in [0.29, 0.717) is 38.6 Å². The minimum Gasteiger partial charge on any atom is -0.493 e. The van der Waals surface area contributed by atoms with Gasteiger partial charge in [-0.2, -0.15) is 5.01 Å². The number of thiocarbonyl (C=S) groups is 1. The van der Waals surface area contributed by atoms with Crippen molar-refractivity contribution in [1.29, 1.82) is 0 Å². The highest BCUT2D eigenvalue weighted by Gasteiger charge is 2.34. The topological polar surface area (TPSA) is 67.9 Å². The third kappa shape index (κ3) is 7.11.